The van der Waals surface area contributed by atoms with E-state index in [1.54, 1.807) is 6.92 Å². The zero-order chi connectivity index (χ0) is 32.7. The van der Waals surface area contributed by atoms with Gasteiger partial charge in [-0.2, -0.15) is 0 Å². The average molecular weight is 580 g/mol. The number of Topliss-reactive ketones (excluding diaryl/α,β-unsaturated/α-hetero) is 1. The van der Waals surface area contributed by atoms with Gasteiger partial charge in [-0.25, -0.2) is 10.6 Å². The smallest absolute Gasteiger partial charge is 0.326 e. The average Bonchev–Trinajstić information content (AvgIpc) is 3.28. The van der Waals surface area contributed by atoms with Gasteiger partial charge in [0.15, 0.2) is 16.0 Å². The highest BCUT2D eigenvalue weighted by Crippen LogP contribution is 2.30. The SMILES string of the molecule is CC.[B]N(CC(=O)O)C(C(=O)O)/C(N)=C/N(N)C1CC(C(=O)O)N(C=O)C1.[B]NC(C)C(C)CC(C)(C)CC(C)=O. The van der Waals surface area contributed by atoms with Gasteiger partial charge in [0.25, 0.3) is 0 Å². The van der Waals surface area contributed by atoms with Gasteiger partial charge in [0.05, 0.1) is 18.3 Å². The molecule has 0 aromatic heterocycles. The second kappa shape index (κ2) is 19.1. The Morgan fingerprint density at radius 3 is 2.07 bits per heavy atom. The Morgan fingerprint density at radius 2 is 1.71 bits per heavy atom. The van der Waals surface area contributed by atoms with Gasteiger partial charge in [0, 0.05) is 25.6 Å². The molecule has 5 unspecified atom stereocenters. The highest BCUT2D eigenvalue weighted by molar-refractivity contribution is 6.08. The van der Waals surface area contributed by atoms with Crippen molar-refractivity contribution < 1.29 is 39.3 Å². The van der Waals surface area contributed by atoms with Crippen molar-refractivity contribution in [3.8, 4) is 0 Å². The minimum atomic E-state index is -1.65. The van der Waals surface area contributed by atoms with E-state index >= 15 is 0 Å². The topological polar surface area (TPSA) is 220 Å². The number of rotatable bonds is 15. The molecule has 0 bridgehead atoms. The van der Waals surface area contributed by atoms with Crippen LogP contribution in [0.1, 0.15) is 67.7 Å². The number of nitrogens with two attached hydrogens (primary N) is 2. The molecule has 4 radical (unpaired) electrons. The molecule has 8 N–H and O–H groups in total. The monoisotopic (exact) mass is 580 g/mol. The second-order valence-electron chi connectivity index (χ2n) is 10.6. The number of carboxylic acids is 3. The zero-order valence-electron chi connectivity index (χ0n) is 25.1. The molecule has 1 heterocycles. The molecule has 1 aliphatic rings. The van der Waals surface area contributed by atoms with Gasteiger partial charge in [0.1, 0.15) is 17.9 Å². The number of nitrogens with one attached hydrogen (secondary N) is 1. The first-order chi connectivity index (χ1) is 18.9. The van der Waals surface area contributed by atoms with Crippen LogP contribution in [0, 0.1) is 11.3 Å². The van der Waals surface area contributed by atoms with Crippen molar-refractivity contribution in [1.82, 2.24) is 19.9 Å². The first kappa shape index (κ1) is 40.0. The lowest BCUT2D eigenvalue weighted by atomic mass is 9.77. The summed E-state index contributed by atoms with van der Waals surface area (Å²) in [6.45, 7) is 13.4. The van der Waals surface area contributed by atoms with Gasteiger partial charge in [-0.1, -0.05) is 41.5 Å². The number of hydrogen-bond acceptors (Lipinski definition) is 10. The Kier molecular flexibility index (Phi) is 18.7. The van der Waals surface area contributed by atoms with Crippen LogP contribution in [0.5, 0.6) is 0 Å². The summed E-state index contributed by atoms with van der Waals surface area (Å²) in [4.78, 5) is 56.5. The van der Waals surface area contributed by atoms with Gasteiger partial charge in [0.2, 0.25) is 6.41 Å². The lowest BCUT2D eigenvalue weighted by molar-refractivity contribution is -0.145. The van der Waals surface area contributed by atoms with E-state index in [-0.39, 0.29) is 29.9 Å². The molecule has 0 saturated carbocycles. The van der Waals surface area contributed by atoms with E-state index in [4.69, 9.17) is 37.8 Å². The maximum absolute atomic E-state index is 11.3. The van der Waals surface area contributed by atoms with Crippen molar-refractivity contribution in [2.75, 3.05) is 13.1 Å². The van der Waals surface area contributed by atoms with E-state index < -0.39 is 42.6 Å². The molecular weight excluding hydrogens is 534 g/mol. The van der Waals surface area contributed by atoms with Crippen molar-refractivity contribution in [2.24, 2.45) is 22.9 Å². The molecule has 14 nitrogen and oxygen atoms in total. The van der Waals surface area contributed by atoms with Crippen molar-refractivity contribution >= 4 is 46.1 Å². The van der Waals surface area contributed by atoms with Crippen molar-refractivity contribution in [2.45, 2.75) is 91.9 Å². The van der Waals surface area contributed by atoms with Crippen molar-refractivity contribution in [3.63, 3.8) is 0 Å². The number of nitrogens with zero attached hydrogens (tertiary/aromatic N) is 3. The number of carbonyl (C=O) groups is 5. The van der Waals surface area contributed by atoms with Crippen LogP contribution >= 0.6 is 0 Å². The Balaban J connectivity index is 0. The number of carboxylic acid groups (broad SMARTS) is 3. The summed E-state index contributed by atoms with van der Waals surface area (Å²) in [5.41, 5.74) is 5.40. The molecule has 1 aliphatic heterocycles. The Bertz CT molecular complexity index is 907. The molecule has 0 aromatic rings. The number of ketones is 1. The zero-order valence-corrected chi connectivity index (χ0v) is 25.1. The fraction of sp³-hybridized carbons (Fsp3) is 0.720. The largest absolute Gasteiger partial charge is 0.480 e. The minimum absolute atomic E-state index is 0.0000496. The van der Waals surface area contributed by atoms with Gasteiger partial charge in [-0.15, -0.1) is 0 Å². The third kappa shape index (κ3) is 14.9. The van der Waals surface area contributed by atoms with E-state index in [0.717, 1.165) is 22.5 Å². The molecule has 0 spiro atoms. The van der Waals surface area contributed by atoms with Crippen molar-refractivity contribution in [3.05, 3.63) is 11.9 Å². The van der Waals surface area contributed by atoms with Crippen molar-refractivity contribution in [1.29, 1.82) is 0 Å². The predicted octanol–water partition coefficient (Wildman–Crippen LogP) is -0.325. The van der Waals surface area contributed by atoms with Crippen LogP contribution in [0.15, 0.2) is 11.9 Å². The van der Waals surface area contributed by atoms with Crippen LogP contribution < -0.4 is 16.8 Å². The molecule has 0 aliphatic carbocycles. The van der Waals surface area contributed by atoms with Gasteiger partial charge in [-0.05, 0) is 30.7 Å². The summed E-state index contributed by atoms with van der Waals surface area (Å²) in [7, 11) is 10.8. The minimum Gasteiger partial charge on any atom is -0.480 e. The molecule has 230 valence electrons. The summed E-state index contributed by atoms with van der Waals surface area (Å²) in [6, 6.07) is -3.04. The maximum atomic E-state index is 11.3. The Hall–Kier alpha value is -3.10. The molecule has 1 rings (SSSR count). The molecule has 1 fully saturated rings. The molecular formula is C25H46B2N6O8. The number of hydrazine groups is 1. The molecule has 1 amide bonds. The lowest BCUT2D eigenvalue weighted by Crippen LogP contribution is -2.47. The number of aliphatic carboxylic acids is 3. The van der Waals surface area contributed by atoms with Crippen LogP contribution in [0.4, 0.5) is 0 Å². The molecule has 16 heteroatoms. The Labute approximate surface area is 245 Å². The summed E-state index contributed by atoms with van der Waals surface area (Å²) in [5, 5.41) is 30.7. The normalized spacial score (nSPS) is 19.0. The van der Waals surface area contributed by atoms with E-state index in [9.17, 15) is 29.1 Å². The van der Waals surface area contributed by atoms with Crippen LogP contribution in [0.25, 0.3) is 0 Å². The second-order valence-corrected chi connectivity index (χ2v) is 10.6. The number of carbonyl (C=O) groups excluding carboxylic acids is 2. The fourth-order valence-electron chi connectivity index (χ4n) is 4.44. The summed E-state index contributed by atoms with van der Waals surface area (Å²) < 4.78 is 0. The quantitative estimate of drug-likeness (QED) is 0.0634. The molecule has 0 aromatic carbocycles. The summed E-state index contributed by atoms with van der Waals surface area (Å²) in [5.74, 6) is 2.47. The van der Waals surface area contributed by atoms with E-state index in [1.165, 1.54) is 0 Å². The van der Waals surface area contributed by atoms with E-state index in [2.05, 4.69) is 32.9 Å². The summed E-state index contributed by atoms with van der Waals surface area (Å²) >= 11 is 0. The van der Waals surface area contributed by atoms with Gasteiger partial charge in [-0.3, -0.25) is 14.4 Å². The Morgan fingerprint density at radius 1 is 1.17 bits per heavy atom. The number of amides is 1. The molecule has 1 saturated heterocycles. The van der Waals surface area contributed by atoms with E-state index in [0.29, 0.717) is 29.6 Å². The maximum Gasteiger partial charge on any atom is 0.326 e. The van der Waals surface area contributed by atoms with Crippen LogP contribution in [-0.2, 0) is 24.0 Å². The molecule has 41 heavy (non-hydrogen) atoms. The van der Waals surface area contributed by atoms with Gasteiger partial charge >= 0.3 is 17.9 Å². The van der Waals surface area contributed by atoms with Crippen LogP contribution in [0.3, 0.4) is 0 Å². The standard InChI is InChI=1S/C12H18BN5O7.C11H22BNO.C2H6/c13-17(4-9(20)21)10(12(24)25)7(14)3-18(15)6-1-8(11(22)23)16(2-6)5-19;1-8(10(3)13-12)6-11(4,5)7-9(2)14;1-2/h3,5-6,8,10H,1-2,4,14-15H2,(H,20,21)(H,22,23)(H,24,25);8,10,13H,6-7H2,1-5H3;1-2H3/b7-3-;;. The van der Waals surface area contributed by atoms with Crippen LogP contribution in [0.2, 0.25) is 0 Å². The fourth-order valence-corrected chi connectivity index (χ4v) is 4.44. The van der Waals surface area contributed by atoms with Crippen LogP contribution in [-0.4, -0.2) is 113 Å². The lowest BCUT2D eigenvalue weighted by Gasteiger charge is -2.30. The van der Waals surface area contributed by atoms with E-state index in [1.807, 2.05) is 13.8 Å². The molecule has 5 atom stereocenters. The highest BCUT2D eigenvalue weighted by Gasteiger charge is 2.38. The first-order valence-corrected chi connectivity index (χ1v) is 13.2. The predicted molar refractivity (Wildman–Crippen MR) is 155 cm³/mol. The summed E-state index contributed by atoms with van der Waals surface area (Å²) in [6.07, 6.45) is 3.08. The third-order valence-electron chi connectivity index (χ3n) is 6.38. The highest BCUT2D eigenvalue weighted by atomic mass is 16.4. The first-order valence-electron chi connectivity index (χ1n) is 13.2. The number of hydrogen-bond donors (Lipinski definition) is 6. The van der Waals surface area contributed by atoms with Gasteiger partial charge < -0.3 is 45.8 Å². The number of likely N-dealkylation sites (tertiary alicyclic amines) is 1. The third-order valence-corrected chi connectivity index (χ3v) is 6.38.